The molecule has 3 fully saturated rings. The number of rotatable bonds is 7. The molecule has 1 aliphatic carbocycles. The topological polar surface area (TPSA) is 63.9 Å². The Bertz CT molecular complexity index is 623. The van der Waals surface area contributed by atoms with Crippen molar-refractivity contribution in [2.75, 3.05) is 46.0 Å². The summed E-state index contributed by atoms with van der Waals surface area (Å²) in [5, 5.41) is 0. The van der Waals surface area contributed by atoms with Crippen molar-refractivity contribution >= 4 is 12.1 Å². The molecule has 0 aromatic carbocycles. The van der Waals surface area contributed by atoms with Crippen LogP contribution in [0.25, 0.3) is 0 Å². The lowest BCUT2D eigenvalue weighted by Gasteiger charge is -2.43. The van der Waals surface area contributed by atoms with E-state index in [0.717, 1.165) is 56.9 Å². The van der Waals surface area contributed by atoms with Gasteiger partial charge in [0.1, 0.15) is 0 Å². The van der Waals surface area contributed by atoms with Crippen LogP contribution in [0, 0.1) is 17.8 Å². The average Bonchev–Trinajstić information content (AvgIpc) is 2.79. The number of hydrogen-bond acceptors (Lipinski definition) is 7. The summed E-state index contributed by atoms with van der Waals surface area (Å²) >= 11 is 1.94. The Kier molecular flexibility index (Phi) is 8.08. The fraction of sp³-hybridized carbons (Fsp3) is 0.773. The highest BCUT2D eigenvalue weighted by Crippen LogP contribution is 2.38. The van der Waals surface area contributed by atoms with E-state index in [9.17, 15) is 0 Å². The van der Waals surface area contributed by atoms with Gasteiger partial charge in [-0.15, -0.1) is 0 Å². The monoisotopic (exact) mass is 420 g/mol. The SMILES string of the molecule is NCc1ccnc(OCC2CC(C3CCCCC3)CN(SN3CCOCC3)C2)c1. The molecule has 2 N–H and O–H groups in total. The molecule has 3 aliphatic rings. The molecule has 1 aromatic heterocycles. The van der Waals surface area contributed by atoms with Gasteiger partial charge in [-0.05, 0) is 29.9 Å². The summed E-state index contributed by atoms with van der Waals surface area (Å²) in [6.07, 6.45) is 10.1. The van der Waals surface area contributed by atoms with Gasteiger partial charge in [-0.2, -0.15) is 0 Å². The van der Waals surface area contributed by atoms with Crippen molar-refractivity contribution < 1.29 is 9.47 Å². The van der Waals surface area contributed by atoms with Gasteiger partial charge in [0.25, 0.3) is 0 Å². The van der Waals surface area contributed by atoms with Crippen LogP contribution in [-0.2, 0) is 11.3 Å². The van der Waals surface area contributed by atoms with E-state index in [1.807, 2.05) is 24.3 Å². The minimum Gasteiger partial charge on any atom is -0.477 e. The predicted octanol–water partition coefficient (Wildman–Crippen LogP) is 3.33. The second-order valence-electron chi connectivity index (χ2n) is 8.75. The van der Waals surface area contributed by atoms with Gasteiger partial charge in [-0.3, -0.25) is 0 Å². The summed E-state index contributed by atoms with van der Waals surface area (Å²) in [4.78, 5) is 4.37. The summed E-state index contributed by atoms with van der Waals surface area (Å²) in [5.41, 5.74) is 6.83. The Hall–Kier alpha value is -0.860. The second kappa shape index (κ2) is 11.0. The number of hydrogen-bond donors (Lipinski definition) is 1. The maximum atomic E-state index is 6.13. The van der Waals surface area contributed by atoms with Gasteiger partial charge in [0.2, 0.25) is 5.88 Å². The zero-order chi connectivity index (χ0) is 19.9. The Balaban J connectivity index is 1.37. The number of aromatic nitrogens is 1. The van der Waals surface area contributed by atoms with Gasteiger partial charge < -0.3 is 15.2 Å². The standard InChI is InChI=1S/C22H36N4O2S/c23-14-18-6-7-24-22(13-18)28-17-19-12-21(20-4-2-1-3-5-20)16-26(15-19)29-25-8-10-27-11-9-25/h6-7,13,19-21H,1-5,8-12,14-17,23H2. The van der Waals surface area contributed by atoms with Crippen LogP contribution < -0.4 is 10.5 Å². The number of piperidine rings is 1. The van der Waals surface area contributed by atoms with E-state index in [0.29, 0.717) is 18.3 Å². The molecule has 0 amide bonds. The molecule has 3 heterocycles. The van der Waals surface area contributed by atoms with Crippen LogP contribution in [0.2, 0.25) is 0 Å². The third kappa shape index (κ3) is 6.31. The van der Waals surface area contributed by atoms with Crippen LogP contribution in [-0.4, -0.2) is 59.6 Å². The molecule has 6 nitrogen and oxygen atoms in total. The number of morpholine rings is 1. The van der Waals surface area contributed by atoms with Crippen molar-refractivity contribution in [1.29, 1.82) is 0 Å². The highest BCUT2D eigenvalue weighted by Gasteiger charge is 2.34. The predicted molar refractivity (Wildman–Crippen MR) is 117 cm³/mol. The van der Waals surface area contributed by atoms with Crippen molar-refractivity contribution in [3.63, 3.8) is 0 Å². The Labute approximate surface area is 179 Å². The van der Waals surface area contributed by atoms with E-state index in [2.05, 4.69) is 13.6 Å². The van der Waals surface area contributed by atoms with E-state index < -0.39 is 0 Å². The Morgan fingerprint density at radius 2 is 1.93 bits per heavy atom. The molecule has 1 saturated carbocycles. The van der Waals surface area contributed by atoms with Gasteiger partial charge in [-0.1, -0.05) is 32.1 Å². The Morgan fingerprint density at radius 3 is 2.72 bits per heavy atom. The fourth-order valence-electron chi connectivity index (χ4n) is 4.99. The number of pyridine rings is 1. The molecule has 4 rings (SSSR count). The lowest BCUT2D eigenvalue weighted by atomic mass is 9.75. The average molecular weight is 421 g/mol. The van der Waals surface area contributed by atoms with Gasteiger partial charge in [0.15, 0.2) is 0 Å². The fourth-order valence-corrected chi connectivity index (χ4v) is 6.16. The first-order chi connectivity index (χ1) is 14.3. The summed E-state index contributed by atoms with van der Waals surface area (Å²) < 4.78 is 16.7. The maximum Gasteiger partial charge on any atom is 0.213 e. The molecule has 2 aliphatic heterocycles. The molecule has 0 bridgehead atoms. The van der Waals surface area contributed by atoms with Crippen molar-refractivity contribution in [3.8, 4) is 5.88 Å². The molecule has 2 atom stereocenters. The Morgan fingerprint density at radius 1 is 1.10 bits per heavy atom. The number of nitrogens with two attached hydrogens (primary N) is 1. The first-order valence-corrected chi connectivity index (χ1v) is 12.1. The van der Waals surface area contributed by atoms with Crippen LogP contribution >= 0.6 is 12.1 Å². The van der Waals surface area contributed by atoms with Crippen LogP contribution in [0.5, 0.6) is 5.88 Å². The molecule has 29 heavy (non-hydrogen) atoms. The highest BCUT2D eigenvalue weighted by molar-refractivity contribution is 7.94. The highest BCUT2D eigenvalue weighted by atomic mass is 32.2. The smallest absolute Gasteiger partial charge is 0.213 e. The molecular formula is C22H36N4O2S. The van der Waals surface area contributed by atoms with Crippen LogP contribution in [0.4, 0.5) is 0 Å². The lowest BCUT2D eigenvalue weighted by Crippen LogP contribution is -2.44. The van der Waals surface area contributed by atoms with Crippen LogP contribution in [0.1, 0.15) is 44.1 Å². The van der Waals surface area contributed by atoms with Crippen LogP contribution in [0.15, 0.2) is 18.3 Å². The van der Waals surface area contributed by atoms with Gasteiger partial charge in [0.05, 0.1) is 19.8 Å². The third-order valence-corrected chi connectivity index (χ3v) is 7.68. The van der Waals surface area contributed by atoms with Crippen molar-refractivity contribution in [2.24, 2.45) is 23.5 Å². The van der Waals surface area contributed by atoms with Crippen LogP contribution in [0.3, 0.4) is 0 Å². The molecular weight excluding hydrogens is 384 g/mol. The number of nitrogens with zero attached hydrogens (tertiary/aromatic N) is 3. The molecule has 0 spiro atoms. The zero-order valence-electron chi connectivity index (χ0n) is 17.5. The van der Waals surface area contributed by atoms with Gasteiger partial charge in [-0.25, -0.2) is 13.6 Å². The summed E-state index contributed by atoms with van der Waals surface area (Å²) in [6, 6.07) is 3.93. The molecule has 162 valence electrons. The lowest BCUT2D eigenvalue weighted by molar-refractivity contribution is 0.0705. The van der Waals surface area contributed by atoms with E-state index in [1.165, 1.54) is 45.1 Å². The van der Waals surface area contributed by atoms with Crippen molar-refractivity contribution in [2.45, 2.75) is 45.1 Å². The quantitative estimate of drug-likeness (QED) is 0.679. The van der Waals surface area contributed by atoms with Gasteiger partial charge in [0, 0.05) is 63.0 Å². The largest absolute Gasteiger partial charge is 0.477 e. The van der Waals surface area contributed by atoms with E-state index in [1.54, 1.807) is 6.20 Å². The minimum absolute atomic E-state index is 0.524. The molecule has 7 heteroatoms. The summed E-state index contributed by atoms with van der Waals surface area (Å²) in [5.74, 6) is 2.93. The molecule has 2 saturated heterocycles. The molecule has 2 unspecified atom stereocenters. The van der Waals surface area contributed by atoms with E-state index >= 15 is 0 Å². The first kappa shape index (κ1) is 21.4. The molecule has 0 radical (unpaired) electrons. The van der Waals surface area contributed by atoms with Crippen molar-refractivity contribution in [3.05, 3.63) is 23.9 Å². The second-order valence-corrected chi connectivity index (χ2v) is 9.94. The zero-order valence-corrected chi connectivity index (χ0v) is 18.3. The van der Waals surface area contributed by atoms with E-state index in [4.69, 9.17) is 15.2 Å². The summed E-state index contributed by atoms with van der Waals surface area (Å²) in [7, 11) is 0. The minimum atomic E-state index is 0.524. The van der Waals surface area contributed by atoms with Gasteiger partial charge >= 0.3 is 0 Å². The molecule has 1 aromatic rings. The first-order valence-electron chi connectivity index (χ1n) is 11.3. The normalized spacial score (nSPS) is 27.8. The summed E-state index contributed by atoms with van der Waals surface area (Å²) in [6.45, 7) is 7.30. The maximum absolute atomic E-state index is 6.13. The van der Waals surface area contributed by atoms with E-state index in [-0.39, 0.29) is 0 Å². The third-order valence-electron chi connectivity index (χ3n) is 6.56. The van der Waals surface area contributed by atoms with Crippen molar-refractivity contribution in [1.82, 2.24) is 13.6 Å². The number of ether oxygens (including phenoxy) is 2.